The minimum Gasteiger partial charge on any atom is -0.298 e. The van der Waals surface area contributed by atoms with Gasteiger partial charge in [-0.2, -0.15) is 0 Å². The summed E-state index contributed by atoms with van der Waals surface area (Å²) in [6.07, 6.45) is 1.65. The average molecular weight is 391 g/mol. The largest absolute Gasteiger partial charge is 0.298 e. The van der Waals surface area contributed by atoms with Gasteiger partial charge in [0.15, 0.2) is 5.13 Å². The van der Waals surface area contributed by atoms with Crippen LogP contribution in [0, 0.1) is 13.8 Å². The van der Waals surface area contributed by atoms with E-state index in [9.17, 15) is 9.00 Å². The van der Waals surface area contributed by atoms with Gasteiger partial charge in [-0.05, 0) is 43.7 Å². The van der Waals surface area contributed by atoms with Crippen LogP contribution in [0.1, 0.15) is 25.7 Å². The van der Waals surface area contributed by atoms with Crippen LogP contribution in [0.5, 0.6) is 0 Å². The molecular weight excluding hydrogens is 372 g/mol. The number of thiophene rings is 1. The Hall–Kier alpha value is -1.83. The number of nitrogens with zero attached hydrogens (tertiary/aromatic N) is 1. The standard InChI is InChI=1S/C18H18N2O2S3/c1-11-7-8-15(23-11)16-12(2)24-18(19-16)20-17(21)14-6-4-5-13(9-14)10-25(3)22/h4-9H,10H2,1-3H3,(H,19,20,21)/t25-/m0/s1. The molecule has 4 nitrogen and oxygen atoms in total. The number of aryl methyl sites for hydroxylation is 2. The van der Waals surface area contributed by atoms with Crippen molar-refractivity contribution in [2.24, 2.45) is 0 Å². The first kappa shape index (κ1) is 18.0. The lowest BCUT2D eigenvalue weighted by molar-refractivity contribution is 0.102. The Balaban J connectivity index is 1.78. The lowest BCUT2D eigenvalue weighted by atomic mass is 10.1. The van der Waals surface area contributed by atoms with Crippen molar-refractivity contribution in [3.05, 3.63) is 57.3 Å². The summed E-state index contributed by atoms with van der Waals surface area (Å²) in [7, 11) is -0.936. The van der Waals surface area contributed by atoms with E-state index < -0.39 is 10.8 Å². The normalized spacial score (nSPS) is 12.1. The van der Waals surface area contributed by atoms with Crippen LogP contribution in [0.3, 0.4) is 0 Å². The maximum absolute atomic E-state index is 12.5. The fourth-order valence-electron chi connectivity index (χ4n) is 2.45. The smallest absolute Gasteiger partial charge is 0.257 e. The predicted octanol–water partition coefficient (Wildman–Crippen LogP) is 4.62. The Kier molecular flexibility index (Phi) is 5.46. The van der Waals surface area contributed by atoms with Crippen molar-refractivity contribution in [3.8, 4) is 10.6 Å². The van der Waals surface area contributed by atoms with Gasteiger partial charge in [-0.1, -0.05) is 12.1 Å². The number of aromatic nitrogens is 1. The number of nitrogens with one attached hydrogen (secondary N) is 1. The number of carbonyl (C=O) groups is 1. The highest BCUT2D eigenvalue weighted by Crippen LogP contribution is 2.34. The van der Waals surface area contributed by atoms with Crippen LogP contribution >= 0.6 is 22.7 Å². The Morgan fingerprint density at radius 3 is 2.68 bits per heavy atom. The molecule has 0 saturated heterocycles. The van der Waals surface area contributed by atoms with E-state index in [-0.39, 0.29) is 5.91 Å². The van der Waals surface area contributed by atoms with E-state index >= 15 is 0 Å². The molecule has 0 unspecified atom stereocenters. The second-order valence-corrected chi connectivity index (χ2v) is 9.63. The Morgan fingerprint density at radius 1 is 1.20 bits per heavy atom. The maximum atomic E-state index is 12.5. The molecule has 3 aromatic rings. The molecule has 130 valence electrons. The van der Waals surface area contributed by atoms with Gasteiger partial charge in [-0.25, -0.2) is 4.98 Å². The van der Waals surface area contributed by atoms with Gasteiger partial charge in [0, 0.05) is 38.1 Å². The SMILES string of the molecule is Cc1ccc(-c2nc(NC(=O)c3cccc(C[S@](C)=O)c3)sc2C)s1. The van der Waals surface area contributed by atoms with Gasteiger partial charge in [-0.15, -0.1) is 22.7 Å². The Bertz CT molecular complexity index is 943. The summed E-state index contributed by atoms with van der Waals surface area (Å²) in [5.74, 6) is 0.241. The second kappa shape index (κ2) is 7.59. The zero-order valence-corrected chi connectivity index (χ0v) is 16.6. The van der Waals surface area contributed by atoms with Gasteiger partial charge in [0.2, 0.25) is 0 Å². The maximum Gasteiger partial charge on any atom is 0.257 e. The summed E-state index contributed by atoms with van der Waals surface area (Å²) < 4.78 is 11.4. The highest BCUT2D eigenvalue weighted by molar-refractivity contribution is 7.83. The van der Waals surface area contributed by atoms with E-state index in [4.69, 9.17) is 0 Å². The van der Waals surface area contributed by atoms with E-state index in [1.165, 1.54) is 16.2 Å². The molecule has 1 aromatic carbocycles. The summed E-state index contributed by atoms with van der Waals surface area (Å²) >= 11 is 3.17. The van der Waals surface area contributed by atoms with Crippen LogP contribution in [0.25, 0.3) is 10.6 Å². The monoisotopic (exact) mass is 390 g/mol. The number of hydrogen-bond acceptors (Lipinski definition) is 5. The highest BCUT2D eigenvalue weighted by atomic mass is 32.2. The van der Waals surface area contributed by atoms with E-state index in [1.807, 2.05) is 19.1 Å². The molecule has 2 aromatic heterocycles. The van der Waals surface area contributed by atoms with Gasteiger partial charge in [-0.3, -0.25) is 14.3 Å². The third-order valence-electron chi connectivity index (χ3n) is 3.55. The van der Waals surface area contributed by atoms with Crippen molar-refractivity contribution in [1.29, 1.82) is 0 Å². The molecule has 0 saturated carbocycles. The molecule has 2 heterocycles. The molecule has 7 heteroatoms. The van der Waals surface area contributed by atoms with Gasteiger partial charge < -0.3 is 0 Å². The zero-order valence-electron chi connectivity index (χ0n) is 14.2. The molecule has 0 bridgehead atoms. The van der Waals surface area contributed by atoms with Gasteiger partial charge in [0.05, 0.1) is 10.6 Å². The predicted molar refractivity (Wildman–Crippen MR) is 107 cm³/mol. The summed E-state index contributed by atoms with van der Waals surface area (Å²) in [5.41, 5.74) is 2.36. The topological polar surface area (TPSA) is 59.1 Å². The van der Waals surface area contributed by atoms with E-state index in [2.05, 4.69) is 29.4 Å². The first-order valence-corrected chi connectivity index (χ1v) is 11.0. The van der Waals surface area contributed by atoms with E-state index in [1.54, 1.807) is 29.7 Å². The van der Waals surface area contributed by atoms with Crippen LogP contribution < -0.4 is 5.32 Å². The number of thiazole rings is 1. The number of carbonyl (C=O) groups excluding carboxylic acids is 1. The molecule has 0 aliphatic rings. The lowest BCUT2D eigenvalue weighted by Crippen LogP contribution is -2.12. The number of anilines is 1. The fourth-order valence-corrected chi connectivity index (χ4v) is 4.90. The van der Waals surface area contributed by atoms with E-state index in [0.717, 1.165) is 21.0 Å². The molecule has 0 fully saturated rings. The van der Waals surface area contributed by atoms with Crippen molar-refractivity contribution >= 4 is 44.5 Å². The number of amides is 1. The van der Waals surface area contributed by atoms with Crippen LogP contribution in [-0.4, -0.2) is 21.4 Å². The molecule has 0 spiro atoms. The molecule has 0 aliphatic heterocycles. The summed E-state index contributed by atoms with van der Waals surface area (Å²) in [5, 5.41) is 3.46. The van der Waals surface area contributed by atoms with Crippen molar-refractivity contribution < 1.29 is 9.00 Å². The number of benzene rings is 1. The third kappa shape index (κ3) is 4.42. The minimum atomic E-state index is -0.936. The van der Waals surface area contributed by atoms with Gasteiger partial charge in [0.1, 0.15) is 0 Å². The summed E-state index contributed by atoms with van der Waals surface area (Å²) in [6.45, 7) is 4.07. The first-order valence-electron chi connectivity index (χ1n) is 7.67. The number of rotatable bonds is 5. The fraction of sp³-hybridized carbons (Fsp3) is 0.222. The molecule has 0 aliphatic carbocycles. The van der Waals surface area contributed by atoms with Crippen molar-refractivity contribution in [2.45, 2.75) is 19.6 Å². The Labute approximate surface area is 157 Å². The van der Waals surface area contributed by atoms with Crippen molar-refractivity contribution in [3.63, 3.8) is 0 Å². The van der Waals surface area contributed by atoms with Crippen LogP contribution in [-0.2, 0) is 16.6 Å². The minimum absolute atomic E-state index is 0.202. The molecule has 0 radical (unpaired) electrons. The molecule has 1 amide bonds. The van der Waals surface area contributed by atoms with Crippen molar-refractivity contribution in [2.75, 3.05) is 11.6 Å². The van der Waals surface area contributed by atoms with Crippen LogP contribution in [0.4, 0.5) is 5.13 Å². The second-order valence-electron chi connectivity index (χ2n) is 5.71. The van der Waals surface area contributed by atoms with Gasteiger partial charge >= 0.3 is 0 Å². The molecule has 25 heavy (non-hydrogen) atoms. The van der Waals surface area contributed by atoms with Crippen molar-refractivity contribution in [1.82, 2.24) is 4.98 Å². The molecule has 1 atom stereocenters. The zero-order chi connectivity index (χ0) is 18.0. The first-order chi connectivity index (χ1) is 11.9. The molecule has 1 N–H and O–H groups in total. The summed E-state index contributed by atoms with van der Waals surface area (Å²) in [4.78, 5) is 20.5. The molecule has 3 rings (SSSR count). The Morgan fingerprint density at radius 2 is 2.00 bits per heavy atom. The lowest BCUT2D eigenvalue weighted by Gasteiger charge is -2.04. The molecular formula is C18H18N2O2S3. The highest BCUT2D eigenvalue weighted by Gasteiger charge is 2.14. The van der Waals surface area contributed by atoms with E-state index in [0.29, 0.717) is 16.4 Å². The number of hydrogen-bond donors (Lipinski definition) is 1. The summed E-state index contributed by atoms with van der Waals surface area (Å²) in [6, 6.07) is 11.3. The third-order valence-corrected chi connectivity index (χ3v) is 6.18. The van der Waals surface area contributed by atoms with Crippen LogP contribution in [0.2, 0.25) is 0 Å². The van der Waals surface area contributed by atoms with Gasteiger partial charge in [0.25, 0.3) is 5.91 Å². The average Bonchev–Trinajstić information content (AvgIpc) is 3.12. The quantitative estimate of drug-likeness (QED) is 0.691. The van der Waals surface area contributed by atoms with Crippen LogP contribution in [0.15, 0.2) is 36.4 Å².